The zero-order chi connectivity index (χ0) is 7.82. The van der Waals surface area contributed by atoms with E-state index in [1.165, 1.54) is 0 Å². The van der Waals surface area contributed by atoms with Crippen molar-refractivity contribution in [2.45, 2.75) is 13.8 Å². The average molecular weight is 147 g/mol. The molecular weight excluding hydrogens is 130 g/mol. The van der Waals surface area contributed by atoms with E-state index >= 15 is 0 Å². The smallest absolute Gasteiger partial charge is 0.0729 e. The molecule has 0 aliphatic rings. The van der Waals surface area contributed by atoms with Gasteiger partial charge in [0.1, 0.15) is 0 Å². The van der Waals surface area contributed by atoms with Gasteiger partial charge in [0.2, 0.25) is 0 Å². The van der Waals surface area contributed by atoms with E-state index in [4.69, 9.17) is 9.57 Å². The largest absolute Gasteiger partial charge is 0.384 e. The molecule has 0 rings (SSSR count). The molecule has 0 radical (unpaired) electrons. The standard InChI is InChI=1S/C7H17NO2/c1-4-8-10-6-7(2)5-9-3/h7-8H,4-6H2,1-3H3. The van der Waals surface area contributed by atoms with E-state index in [0.717, 1.165) is 13.2 Å². The second kappa shape index (κ2) is 6.99. The fraction of sp³-hybridized carbons (Fsp3) is 1.00. The Kier molecular flexibility index (Phi) is 6.91. The fourth-order valence-electron chi connectivity index (χ4n) is 0.636. The zero-order valence-electron chi connectivity index (χ0n) is 7.02. The minimum atomic E-state index is 0.462. The maximum atomic E-state index is 5.07. The Hall–Kier alpha value is -0.120. The van der Waals surface area contributed by atoms with Gasteiger partial charge < -0.3 is 9.57 Å². The molecule has 0 saturated carbocycles. The van der Waals surface area contributed by atoms with Crippen LogP contribution in [-0.2, 0) is 9.57 Å². The van der Waals surface area contributed by atoms with Gasteiger partial charge in [-0.3, -0.25) is 0 Å². The Labute approximate surface area is 62.7 Å². The van der Waals surface area contributed by atoms with Crippen LogP contribution in [0.2, 0.25) is 0 Å². The molecule has 0 saturated heterocycles. The first-order valence-corrected chi connectivity index (χ1v) is 3.64. The lowest BCUT2D eigenvalue weighted by atomic mass is 10.2. The zero-order valence-corrected chi connectivity index (χ0v) is 7.02. The van der Waals surface area contributed by atoms with E-state index in [2.05, 4.69) is 12.4 Å². The first kappa shape index (κ1) is 9.88. The van der Waals surface area contributed by atoms with Gasteiger partial charge in [-0.15, -0.1) is 0 Å². The predicted molar refractivity (Wildman–Crippen MR) is 40.7 cm³/mol. The Bertz CT molecular complexity index is 68.6. The Morgan fingerprint density at radius 3 is 2.60 bits per heavy atom. The van der Waals surface area contributed by atoms with Crippen molar-refractivity contribution < 1.29 is 9.57 Å². The van der Waals surface area contributed by atoms with Gasteiger partial charge in [-0.1, -0.05) is 13.8 Å². The van der Waals surface area contributed by atoms with Crippen LogP contribution in [0.15, 0.2) is 0 Å². The van der Waals surface area contributed by atoms with Gasteiger partial charge in [-0.2, -0.15) is 0 Å². The van der Waals surface area contributed by atoms with Gasteiger partial charge in [0.25, 0.3) is 0 Å². The second-order valence-electron chi connectivity index (χ2n) is 2.37. The highest BCUT2D eigenvalue weighted by Gasteiger charge is 1.99. The SMILES string of the molecule is CCNOCC(C)COC. The monoisotopic (exact) mass is 147 g/mol. The lowest BCUT2D eigenvalue weighted by Crippen LogP contribution is -2.20. The number of nitrogens with one attached hydrogen (secondary N) is 1. The molecule has 0 fully saturated rings. The van der Waals surface area contributed by atoms with Crippen LogP contribution in [-0.4, -0.2) is 26.9 Å². The molecule has 62 valence electrons. The van der Waals surface area contributed by atoms with Crippen LogP contribution in [0.5, 0.6) is 0 Å². The molecule has 0 heterocycles. The quantitative estimate of drug-likeness (QED) is 0.445. The molecular formula is C7H17NO2. The van der Waals surface area contributed by atoms with Crippen molar-refractivity contribution in [2.24, 2.45) is 5.92 Å². The number of hydrogen-bond donors (Lipinski definition) is 1. The Balaban J connectivity index is 2.97. The minimum Gasteiger partial charge on any atom is -0.384 e. The summed E-state index contributed by atoms with van der Waals surface area (Å²) in [4.78, 5) is 5.07. The van der Waals surface area contributed by atoms with Crippen molar-refractivity contribution >= 4 is 0 Å². The van der Waals surface area contributed by atoms with Gasteiger partial charge in [-0.05, 0) is 0 Å². The third-order valence-corrected chi connectivity index (χ3v) is 1.07. The predicted octanol–water partition coefficient (Wildman–Crippen LogP) is 0.810. The molecule has 0 amide bonds. The summed E-state index contributed by atoms with van der Waals surface area (Å²) < 4.78 is 4.93. The van der Waals surface area contributed by atoms with Crippen molar-refractivity contribution in [3.63, 3.8) is 0 Å². The molecule has 3 nitrogen and oxygen atoms in total. The molecule has 1 atom stereocenters. The first-order valence-electron chi connectivity index (χ1n) is 3.64. The minimum absolute atomic E-state index is 0.462. The van der Waals surface area contributed by atoms with E-state index in [-0.39, 0.29) is 0 Å². The summed E-state index contributed by atoms with van der Waals surface area (Å²) in [5.41, 5.74) is 2.78. The van der Waals surface area contributed by atoms with Crippen molar-refractivity contribution in [2.75, 3.05) is 26.9 Å². The van der Waals surface area contributed by atoms with Crippen LogP contribution in [0.3, 0.4) is 0 Å². The molecule has 1 unspecified atom stereocenters. The van der Waals surface area contributed by atoms with Crippen LogP contribution in [0.25, 0.3) is 0 Å². The van der Waals surface area contributed by atoms with Crippen LogP contribution in [0.4, 0.5) is 0 Å². The number of ether oxygens (including phenoxy) is 1. The molecule has 1 N–H and O–H groups in total. The molecule has 0 bridgehead atoms. The first-order chi connectivity index (χ1) is 4.81. The van der Waals surface area contributed by atoms with Crippen LogP contribution < -0.4 is 5.48 Å². The molecule has 0 aliphatic carbocycles. The van der Waals surface area contributed by atoms with E-state index < -0.39 is 0 Å². The van der Waals surface area contributed by atoms with Crippen LogP contribution >= 0.6 is 0 Å². The summed E-state index contributed by atoms with van der Waals surface area (Å²) in [6.07, 6.45) is 0. The summed E-state index contributed by atoms with van der Waals surface area (Å²) >= 11 is 0. The molecule has 0 aromatic carbocycles. The van der Waals surface area contributed by atoms with Gasteiger partial charge in [0, 0.05) is 19.6 Å². The normalized spacial score (nSPS) is 13.5. The number of rotatable bonds is 6. The van der Waals surface area contributed by atoms with E-state index in [1.807, 2.05) is 6.92 Å². The van der Waals surface area contributed by atoms with Crippen molar-refractivity contribution in [1.82, 2.24) is 5.48 Å². The van der Waals surface area contributed by atoms with E-state index in [0.29, 0.717) is 12.5 Å². The van der Waals surface area contributed by atoms with E-state index in [1.54, 1.807) is 7.11 Å². The van der Waals surface area contributed by atoms with Gasteiger partial charge in [0.05, 0.1) is 13.2 Å². The Morgan fingerprint density at radius 2 is 2.10 bits per heavy atom. The molecule has 3 heteroatoms. The average Bonchev–Trinajstić information content (AvgIpc) is 1.89. The highest BCUT2D eigenvalue weighted by Crippen LogP contribution is 1.93. The molecule has 0 aliphatic heterocycles. The second-order valence-corrected chi connectivity index (χ2v) is 2.37. The van der Waals surface area contributed by atoms with Gasteiger partial charge >= 0.3 is 0 Å². The summed E-state index contributed by atoms with van der Waals surface area (Å²) in [6.45, 7) is 6.40. The summed E-state index contributed by atoms with van der Waals surface area (Å²) in [6, 6.07) is 0. The number of hydrogen-bond acceptors (Lipinski definition) is 3. The van der Waals surface area contributed by atoms with E-state index in [9.17, 15) is 0 Å². The van der Waals surface area contributed by atoms with Crippen molar-refractivity contribution in [1.29, 1.82) is 0 Å². The van der Waals surface area contributed by atoms with Gasteiger partial charge in [0.15, 0.2) is 0 Å². The Morgan fingerprint density at radius 1 is 1.40 bits per heavy atom. The summed E-state index contributed by atoms with van der Waals surface area (Å²) in [5, 5.41) is 0. The highest BCUT2D eigenvalue weighted by atomic mass is 16.6. The topological polar surface area (TPSA) is 30.5 Å². The number of methoxy groups -OCH3 is 1. The molecule has 0 spiro atoms. The lowest BCUT2D eigenvalue weighted by Gasteiger charge is -2.09. The lowest BCUT2D eigenvalue weighted by molar-refractivity contribution is 0.00514. The van der Waals surface area contributed by atoms with Gasteiger partial charge in [-0.25, -0.2) is 5.48 Å². The molecule has 0 aromatic rings. The van der Waals surface area contributed by atoms with Crippen LogP contribution in [0, 0.1) is 5.92 Å². The highest BCUT2D eigenvalue weighted by molar-refractivity contribution is 4.45. The number of hydroxylamine groups is 1. The third-order valence-electron chi connectivity index (χ3n) is 1.07. The summed E-state index contributed by atoms with van der Waals surface area (Å²) in [5.74, 6) is 0.462. The molecule has 10 heavy (non-hydrogen) atoms. The van der Waals surface area contributed by atoms with Crippen molar-refractivity contribution in [3.8, 4) is 0 Å². The maximum Gasteiger partial charge on any atom is 0.0729 e. The summed E-state index contributed by atoms with van der Waals surface area (Å²) in [7, 11) is 1.70. The third kappa shape index (κ3) is 6.01. The molecule has 0 aromatic heterocycles. The maximum absolute atomic E-state index is 5.07. The van der Waals surface area contributed by atoms with Crippen molar-refractivity contribution in [3.05, 3.63) is 0 Å². The van der Waals surface area contributed by atoms with Crippen LogP contribution in [0.1, 0.15) is 13.8 Å². The fourth-order valence-corrected chi connectivity index (χ4v) is 0.636.